The Kier molecular flexibility index (Phi) is 9.98. The Bertz CT molecular complexity index is 988. The fraction of sp³-hybridized carbons (Fsp3) is 0.781. The molecule has 0 aromatic carbocycles. The van der Waals surface area contributed by atoms with Crippen molar-refractivity contribution >= 4 is 29.5 Å². The Morgan fingerprint density at radius 2 is 1.88 bits per heavy atom. The van der Waals surface area contributed by atoms with E-state index in [2.05, 4.69) is 68.5 Å². The van der Waals surface area contributed by atoms with E-state index in [0.29, 0.717) is 19.4 Å². The van der Waals surface area contributed by atoms with Gasteiger partial charge in [-0.25, -0.2) is 0 Å². The van der Waals surface area contributed by atoms with Crippen LogP contribution in [0.2, 0.25) is 0 Å². The van der Waals surface area contributed by atoms with Crippen molar-refractivity contribution < 1.29 is 24.2 Å². The van der Waals surface area contributed by atoms with E-state index in [0.717, 1.165) is 12.8 Å². The number of esters is 1. The lowest BCUT2D eigenvalue weighted by Crippen LogP contribution is -2.62. The van der Waals surface area contributed by atoms with Gasteiger partial charge in [-0.2, -0.15) is 0 Å². The smallest absolute Gasteiger partial charge is 0.310 e. The van der Waals surface area contributed by atoms with Crippen LogP contribution in [0.4, 0.5) is 0 Å². The molecule has 2 amide bonds. The fourth-order valence-electron chi connectivity index (χ4n) is 7.87. The molecule has 0 saturated carbocycles. The molecule has 3 unspecified atom stereocenters. The molecular formula is C32H52N2O5S. The van der Waals surface area contributed by atoms with Crippen LogP contribution in [0, 0.1) is 29.1 Å². The highest BCUT2D eigenvalue weighted by atomic mass is 32.2. The van der Waals surface area contributed by atoms with Crippen LogP contribution in [0.15, 0.2) is 25.3 Å². The quantitative estimate of drug-likeness (QED) is 0.187. The van der Waals surface area contributed by atoms with Crippen molar-refractivity contribution in [1.29, 1.82) is 0 Å². The summed E-state index contributed by atoms with van der Waals surface area (Å²) in [6.07, 6.45) is 6.07. The molecule has 3 heterocycles. The SMILES string of the molecule is C=CCCOC(=O)[C@@H]1[C@H]2C(=O)N([C@@H](CO)CC(C)C)C(C(=O)N(CC=C)C(C)(C)CC(C)(C)C)C23S[C@@H]1CC3C. The van der Waals surface area contributed by atoms with Crippen molar-refractivity contribution in [3.8, 4) is 0 Å². The molecule has 0 radical (unpaired) electrons. The van der Waals surface area contributed by atoms with E-state index in [1.807, 2.05) is 4.90 Å². The second-order valence-corrected chi connectivity index (χ2v) is 15.8. The number of aliphatic hydroxyl groups excluding tert-OH is 1. The maximum Gasteiger partial charge on any atom is 0.310 e. The van der Waals surface area contributed by atoms with Crippen molar-refractivity contribution in [2.24, 2.45) is 29.1 Å². The van der Waals surface area contributed by atoms with E-state index in [1.165, 1.54) is 0 Å². The Morgan fingerprint density at radius 3 is 2.40 bits per heavy atom. The molecule has 7 nitrogen and oxygen atoms in total. The standard InChI is InChI=1S/C32H52N2O5S/c1-11-13-15-39-29(38)24-23-17-21(5)32(40-23)25(24)27(36)34(22(18-35)16-20(3)4)26(32)28(37)33(14-12-2)31(9,10)19-30(6,7)8/h11-12,20-26,35H,1-2,13-19H2,3-10H3/t21?,22-,23-,24+,25+,26?,32?/m1/s1. The lowest BCUT2D eigenvalue weighted by atomic mass is 9.66. The van der Waals surface area contributed by atoms with Gasteiger partial charge in [0.15, 0.2) is 0 Å². The van der Waals surface area contributed by atoms with E-state index in [9.17, 15) is 19.5 Å². The first-order valence-corrected chi connectivity index (χ1v) is 15.8. The largest absolute Gasteiger partial charge is 0.465 e. The molecule has 1 spiro atoms. The molecule has 3 aliphatic heterocycles. The Morgan fingerprint density at radius 1 is 1.23 bits per heavy atom. The van der Waals surface area contributed by atoms with Crippen molar-refractivity contribution in [2.75, 3.05) is 19.8 Å². The van der Waals surface area contributed by atoms with E-state index >= 15 is 0 Å². The van der Waals surface area contributed by atoms with Gasteiger partial charge in [0.25, 0.3) is 0 Å². The van der Waals surface area contributed by atoms with Gasteiger partial charge in [0.1, 0.15) is 6.04 Å². The van der Waals surface area contributed by atoms with Gasteiger partial charge in [-0.1, -0.05) is 53.7 Å². The van der Waals surface area contributed by atoms with E-state index in [-0.39, 0.29) is 53.5 Å². The second kappa shape index (κ2) is 12.2. The summed E-state index contributed by atoms with van der Waals surface area (Å²) in [7, 11) is 0. The molecular weight excluding hydrogens is 524 g/mol. The summed E-state index contributed by atoms with van der Waals surface area (Å²) in [5, 5.41) is 10.5. The van der Waals surface area contributed by atoms with Crippen molar-refractivity contribution in [2.45, 2.75) is 109 Å². The van der Waals surface area contributed by atoms with Crippen molar-refractivity contribution in [1.82, 2.24) is 9.80 Å². The van der Waals surface area contributed by atoms with Crippen LogP contribution in [-0.2, 0) is 19.1 Å². The molecule has 0 aromatic heterocycles. The second-order valence-electron chi connectivity index (χ2n) is 14.3. The molecule has 226 valence electrons. The van der Waals surface area contributed by atoms with Crippen LogP contribution in [0.3, 0.4) is 0 Å². The first-order valence-electron chi connectivity index (χ1n) is 14.9. The zero-order chi connectivity index (χ0) is 30.2. The van der Waals surface area contributed by atoms with Gasteiger partial charge >= 0.3 is 5.97 Å². The van der Waals surface area contributed by atoms with Gasteiger partial charge in [-0.3, -0.25) is 14.4 Å². The first-order chi connectivity index (χ1) is 18.6. The molecule has 40 heavy (non-hydrogen) atoms. The number of fused-ring (bicyclic) bond motifs is 1. The number of carbonyl (C=O) groups excluding carboxylic acids is 3. The zero-order valence-corrected chi connectivity index (χ0v) is 26.8. The molecule has 3 saturated heterocycles. The maximum absolute atomic E-state index is 15.0. The predicted molar refractivity (Wildman–Crippen MR) is 162 cm³/mol. The Hall–Kier alpha value is -1.80. The highest BCUT2D eigenvalue weighted by Crippen LogP contribution is 2.69. The number of hydrogen-bond acceptors (Lipinski definition) is 6. The van der Waals surface area contributed by atoms with Gasteiger partial charge in [-0.15, -0.1) is 24.9 Å². The monoisotopic (exact) mass is 576 g/mol. The summed E-state index contributed by atoms with van der Waals surface area (Å²) in [6, 6.07) is -1.29. The number of ether oxygens (including phenoxy) is 1. The van der Waals surface area contributed by atoms with Gasteiger partial charge in [0, 0.05) is 17.3 Å². The first kappa shape index (κ1) is 32.7. The summed E-state index contributed by atoms with van der Waals surface area (Å²) in [4.78, 5) is 46.5. The van der Waals surface area contributed by atoms with Crippen LogP contribution in [-0.4, -0.2) is 80.1 Å². The molecule has 1 N–H and O–H groups in total. The predicted octanol–water partition coefficient (Wildman–Crippen LogP) is 5.08. The van der Waals surface area contributed by atoms with Crippen LogP contribution in [0.1, 0.15) is 81.1 Å². The topological polar surface area (TPSA) is 87.1 Å². The van der Waals surface area contributed by atoms with Crippen molar-refractivity contribution in [3.63, 3.8) is 0 Å². The normalized spacial score (nSPS) is 30.4. The average Bonchev–Trinajstić information content (AvgIpc) is 3.42. The Balaban J connectivity index is 2.15. The lowest BCUT2D eigenvalue weighted by Gasteiger charge is -2.47. The fourth-order valence-corrected chi connectivity index (χ4v) is 10.3. The summed E-state index contributed by atoms with van der Waals surface area (Å²) in [5.74, 6) is -1.68. The van der Waals surface area contributed by atoms with Crippen molar-refractivity contribution in [3.05, 3.63) is 25.3 Å². The summed E-state index contributed by atoms with van der Waals surface area (Å²) in [6.45, 7) is 24.9. The van der Waals surface area contributed by atoms with E-state index in [4.69, 9.17) is 4.74 Å². The number of rotatable bonds is 13. The lowest BCUT2D eigenvalue weighted by molar-refractivity contribution is -0.155. The Labute approximate surface area is 246 Å². The minimum absolute atomic E-state index is 0.0331. The third-order valence-corrected chi connectivity index (χ3v) is 11.0. The van der Waals surface area contributed by atoms with Gasteiger partial charge in [-0.05, 0) is 56.8 Å². The highest BCUT2D eigenvalue weighted by Gasteiger charge is 2.77. The van der Waals surface area contributed by atoms with Crippen LogP contribution in [0.5, 0.6) is 0 Å². The van der Waals surface area contributed by atoms with Gasteiger partial charge in [0.05, 0.1) is 35.8 Å². The van der Waals surface area contributed by atoms with Crippen LogP contribution >= 0.6 is 11.8 Å². The number of carbonyl (C=O) groups is 3. The summed E-state index contributed by atoms with van der Waals surface area (Å²) >= 11 is 1.64. The number of hydrogen-bond donors (Lipinski definition) is 1. The van der Waals surface area contributed by atoms with Gasteiger partial charge < -0.3 is 19.6 Å². The number of aliphatic hydroxyl groups is 1. The molecule has 3 rings (SSSR count). The molecule has 3 aliphatic rings. The molecule has 3 fully saturated rings. The van der Waals surface area contributed by atoms with E-state index < -0.39 is 34.2 Å². The molecule has 8 heteroatoms. The van der Waals surface area contributed by atoms with Gasteiger partial charge in [0.2, 0.25) is 11.8 Å². The molecule has 0 aliphatic carbocycles. The number of likely N-dealkylation sites (tertiary alicyclic amines) is 1. The molecule has 2 bridgehead atoms. The average molecular weight is 577 g/mol. The zero-order valence-electron chi connectivity index (χ0n) is 25.9. The van der Waals surface area contributed by atoms with Crippen LogP contribution in [0.25, 0.3) is 0 Å². The summed E-state index contributed by atoms with van der Waals surface area (Å²) in [5.41, 5.74) is -0.540. The minimum Gasteiger partial charge on any atom is -0.465 e. The third-order valence-electron chi connectivity index (χ3n) is 8.87. The third kappa shape index (κ3) is 5.90. The van der Waals surface area contributed by atoms with Crippen LogP contribution < -0.4 is 0 Å². The number of thioether (sulfide) groups is 1. The highest BCUT2D eigenvalue weighted by molar-refractivity contribution is 8.02. The number of nitrogens with zero attached hydrogens (tertiary/aromatic N) is 2. The molecule has 7 atom stereocenters. The maximum atomic E-state index is 15.0. The number of amides is 2. The summed E-state index contributed by atoms with van der Waals surface area (Å²) < 4.78 is 4.87. The van der Waals surface area contributed by atoms with E-state index in [1.54, 1.807) is 28.8 Å². The minimum atomic E-state index is -0.781. The molecule has 0 aromatic rings.